The molecule has 0 N–H and O–H groups in total. The molecule has 5 heteroatoms. The van der Waals surface area contributed by atoms with Crippen LogP contribution in [0.5, 0.6) is 0 Å². The van der Waals surface area contributed by atoms with Gasteiger partial charge in [0.05, 0.1) is 10.5 Å². The Morgan fingerprint density at radius 2 is 1.46 bits per heavy atom. The number of carbonyl (C=O) groups is 2. The van der Waals surface area contributed by atoms with Crippen LogP contribution < -0.4 is 0 Å². The van der Waals surface area contributed by atoms with Gasteiger partial charge in [-0.3, -0.25) is 14.5 Å². The van der Waals surface area contributed by atoms with Gasteiger partial charge < -0.3 is 0 Å². The second-order valence-corrected chi connectivity index (χ2v) is 8.77. The molecule has 2 amide bonds. The summed E-state index contributed by atoms with van der Waals surface area (Å²) in [5.41, 5.74) is 1.25. The van der Waals surface area contributed by atoms with E-state index in [1.54, 1.807) is 12.1 Å². The number of carbonyl (C=O) groups excluding carboxylic acids is 2. The summed E-state index contributed by atoms with van der Waals surface area (Å²) in [5, 5.41) is 0.610. The molecule has 1 heterocycles. The van der Waals surface area contributed by atoms with Crippen LogP contribution in [0.15, 0.2) is 64.4 Å². The number of amides is 2. The third-order valence-corrected chi connectivity index (χ3v) is 6.70. The number of nitrogens with zero attached hydrogens (tertiary/aromatic N) is 1. The highest BCUT2D eigenvalue weighted by molar-refractivity contribution is 8.04. The lowest BCUT2D eigenvalue weighted by atomic mass is 10.0. The molecule has 0 bridgehead atoms. The molecule has 1 aliphatic carbocycles. The SMILES string of the molecule is O=C1C(Sc2ccccc2)=C(c2ccc(Cl)cc2)C(=O)N1C1CCCCCC1. The molecule has 0 aromatic heterocycles. The number of benzene rings is 2. The Morgan fingerprint density at radius 3 is 2.11 bits per heavy atom. The van der Waals surface area contributed by atoms with Gasteiger partial charge in [-0.2, -0.15) is 0 Å². The average molecular weight is 412 g/mol. The van der Waals surface area contributed by atoms with Gasteiger partial charge in [0.15, 0.2) is 0 Å². The summed E-state index contributed by atoms with van der Waals surface area (Å²) in [6.07, 6.45) is 6.29. The number of rotatable bonds is 4. The smallest absolute Gasteiger partial charge is 0.268 e. The van der Waals surface area contributed by atoms with Crippen molar-refractivity contribution in [1.82, 2.24) is 4.90 Å². The second-order valence-electron chi connectivity index (χ2n) is 7.25. The molecule has 1 fully saturated rings. The molecule has 3 nitrogen and oxygen atoms in total. The van der Waals surface area contributed by atoms with E-state index in [0.717, 1.165) is 36.1 Å². The zero-order valence-corrected chi connectivity index (χ0v) is 17.1. The van der Waals surface area contributed by atoms with Crippen molar-refractivity contribution in [3.8, 4) is 0 Å². The minimum Gasteiger partial charge on any atom is -0.271 e. The third-order valence-electron chi connectivity index (χ3n) is 5.36. The van der Waals surface area contributed by atoms with E-state index < -0.39 is 0 Å². The highest BCUT2D eigenvalue weighted by Gasteiger charge is 2.42. The number of hydrogen-bond acceptors (Lipinski definition) is 3. The Morgan fingerprint density at radius 1 is 0.821 bits per heavy atom. The fraction of sp³-hybridized carbons (Fsp3) is 0.304. The van der Waals surface area contributed by atoms with Crippen LogP contribution in [-0.2, 0) is 9.59 Å². The van der Waals surface area contributed by atoms with Crippen molar-refractivity contribution in [2.24, 2.45) is 0 Å². The summed E-state index contributed by atoms with van der Waals surface area (Å²) >= 11 is 7.41. The largest absolute Gasteiger partial charge is 0.271 e. The highest BCUT2D eigenvalue weighted by Crippen LogP contribution is 2.41. The van der Waals surface area contributed by atoms with Gasteiger partial charge >= 0.3 is 0 Å². The van der Waals surface area contributed by atoms with Crippen LogP contribution in [0, 0.1) is 0 Å². The molecular weight excluding hydrogens is 390 g/mol. The lowest BCUT2D eigenvalue weighted by Gasteiger charge is -2.25. The maximum absolute atomic E-state index is 13.4. The van der Waals surface area contributed by atoms with E-state index in [9.17, 15) is 9.59 Å². The Kier molecular flexibility index (Phi) is 5.88. The summed E-state index contributed by atoms with van der Waals surface area (Å²) in [6, 6.07) is 16.9. The molecule has 2 aliphatic rings. The van der Waals surface area contributed by atoms with Crippen LogP contribution in [0.3, 0.4) is 0 Å². The molecule has 28 heavy (non-hydrogen) atoms. The Bertz CT molecular complexity index is 900. The minimum absolute atomic E-state index is 0.00123. The van der Waals surface area contributed by atoms with Crippen molar-refractivity contribution >= 4 is 40.8 Å². The van der Waals surface area contributed by atoms with Gasteiger partial charge in [0.25, 0.3) is 11.8 Å². The van der Waals surface area contributed by atoms with E-state index >= 15 is 0 Å². The molecule has 0 spiro atoms. The second kappa shape index (κ2) is 8.54. The number of imide groups is 1. The first-order valence-electron chi connectivity index (χ1n) is 9.76. The maximum atomic E-state index is 13.4. The molecule has 0 atom stereocenters. The fourth-order valence-electron chi connectivity index (χ4n) is 3.95. The van der Waals surface area contributed by atoms with Crippen molar-refractivity contribution < 1.29 is 9.59 Å². The lowest BCUT2D eigenvalue weighted by Crippen LogP contribution is -2.40. The Hall–Kier alpha value is -2.04. The number of thioether (sulfide) groups is 1. The summed E-state index contributed by atoms with van der Waals surface area (Å²) in [6.45, 7) is 0. The summed E-state index contributed by atoms with van der Waals surface area (Å²) in [4.78, 5) is 29.8. The lowest BCUT2D eigenvalue weighted by molar-refractivity contribution is -0.139. The van der Waals surface area contributed by atoms with Crippen LogP contribution in [0.2, 0.25) is 5.02 Å². The fourth-order valence-corrected chi connectivity index (χ4v) is 5.09. The first-order valence-corrected chi connectivity index (χ1v) is 11.0. The van der Waals surface area contributed by atoms with Gasteiger partial charge in [-0.1, -0.05) is 79.4 Å². The van der Waals surface area contributed by atoms with Gasteiger partial charge in [-0.25, -0.2) is 0 Å². The van der Waals surface area contributed by atoms with E-state index in [1.165, 1.54) is 29.5 Å². The zero-order chi connectivity index (χ0) is 19.5. The molecular formula is C23H22ClNO2S. The monoisotopic (exact) mass is 411 g/mol. The third kappa shape index (κ3) is 3.89. The zero-order valence-electron chi connectivity index (χ0n) is 15.6. The van der Waals surface area contributed by atoms with Crippen molar-refractivity contribution in [2.75, 3.05) is 0 Å². The first-order chi connectivity index (χ1) is 13.6. The molecule has 1 aliphatic heterocycles. The number of hydrogen-bond donors (Lipinski definition) is 0. The Labute approximate surface area is 174 Å². The molecule has 4 rings (SSSR count). The molecule has 2 aromatic carbocycles. The predicted molar refractivity (Wildman–Crippen MR) is 114 cm³/mol. The van der Waals surface area contributed by atoms with E-state index in [0.29, 0.717) is 15.5 Å². The van der Waals surface area contributed by atoms with Gasteiger partial charge in [-0.15, -0.1) is 0 Å². The van der Waals surface area contributed by atoms with Gasteiger partial charge in [0.1, 0.15) is 0 Å². The van der Waals surface area contributed by atoms with Crippen LogP contribution in [0.4, 0.5) is 0 Å². The molecule has 144 valence electrons. The quantitative estimate of drug-likeness (QED) is 0.461. The van der Waals surface area contributed by atoms with E-state index in [1.807, 2.05) is 42.5 Å². The first kappa shape index (κ1) is 19.3. The van der Waals surface area contributed by atoms with Crippen LogP contribution in [-0.4, -0.2) is 22.8 Å². The molecule has 0 unspecified atom stereocenters. The molecule has 1 saturated carbocycles. The maximum Gasteiger partial charge on any atom is 0.268 e. The molecule has 2 aromatic rings. The summed E-state index contributed by atoms with van der Waals surface area (Å²) in [5.74, 6) is -0.326. The van der Waals surface area contributed by atoms with Gasteiger partial charge in [0.2, 0.25) is 0 Å². The van der Waals surface area contributed by atoms with Crippen LogP contribution in [0.1, 0.15) is 44.1 Å². The van der Waals surface area contributed by atoms with Gasteiger partial charge in [0, 0.05) is 16.0 Å². The van der Waals surface area contributed by atoms with Crippen molar-refractivity contribution in [3.63, 3.8) is 0 Å². The Balaban J connectivity index is 1.74. The van der Waals surface area contributed by atoms with Crippen molar-refractivity contribution in [3.05, 3.63) is 70.1 Å². The topological polar surface area (TPSA) is 37.4 Å². The van der Waals surface area contributed by atoms with Crippen molar-refractivity contribution in [1.29, 1.82) is 0 Å². The predicted octanol–water partition coefficient (Wildman–Crippen LogP) is 5.94. The minimum atomic E-state index is -0.169. The van der Waals surface area contributed by atoms with Crippen LogP contribution >= 0.6 is 23.4 Å². The normalized spacial score (nSPS) is 18.7. The van der Waals surface area contributed by atoms with E-state index in [4.69, 9.17) is 11.6 Å². The average Bonchev–Trinajstić information content (AvgIpc) is 2.88. The van der Waals surface area contributed by atoms with Gasteiger partial charge in [-0.05, 0) is 42.7 Å². The van der Waals surface area contributed by atoms with E-state index in [2.05, 4.69) is 0 Å². The number of halogens is 1. The summed E-state index contributed by atoms with van der Waals surface area (Å²) < 4.78 is 0. The molecule has 0 saturated heterocycles. The highest BCUT2D eigenvalue weighted by atomic mass is 35.5. The standard InChI is InChI=1S/C23H22ClNO2S/c24-17-14-12-16(13-15-17)20-21(28-19-10-6-3-7-11-19)23(27)25(22(20)26)18-8-4-1-2-5-9-18/h3,6-7,10-15,18H,1-2,4-5,8-9H2. The molecule has 0 radical (unpaired) electrons. The van der Waals surface area contributed by atoms with E-state index in [-0.39, 0.29) is 17.9 Å². The van der Waals surface area contributed by atoms with Crippen LogP contribution in [0.25, 0.3) is 5.57 Å². The summed E-state index contributed by atoms with van der Waals surface area (Å²) in [7, 11) is 0. The van der Waals surface area contributed by atoms with Crippen molar-refractivity contribution in [2.45, 2.75) is 49.5 Å².